The Balaban J connectivity index is 1.37. The third-order valence-corrected chi connectivity index (χ3v) is 6.26. The molecule has 1 aliphatic rings. The molecule has 3 aromatic rings. The number of carbonyl (C=O) groups is 2. The predicted molar refractivity (Wildman–Crippen MR) is 135 cm³/mol. The van der Waals surface area contributed by atoms with Gasteiger partial charge < -0.3 is 20.3 Å². The highest BCUT2D eigenvalue weighted by molar-refractivity contribution is 6.30. The summed E-state index contributed by atoms with van der Waals surface area (Å²) in [5.74, 6) is 0.810. The van der Waals surface area contributed by atoms with Gasteiger partial charge in [-0.1, -0.05) is 35.9 Å². The van der Waals surface area contributed by atoms with E-state index in [2.05, 4.69) is 10.6 Å². The molecule has 1 fully saturated rings. The van der Waals surface area contributed by atoms with E-state index in [-0.39, 0.29) is 17.9 Å². The van der Waals surface area contributed by atoms with Crippen LogP contribution in [0.15, 0.2) is 72.8 Å². The fraction of sp³-hybridized carbons (Fsp3) is 0.259. The van der Waals surface area contributed by atoms with Crippen molar-refractivity contribution in [2.45, 2.75) is 25.3 Å². The van der Waals surface area contributed by atoms with Crippen LogP contribution in [0.5, 0.6) is 5.75 Å². The Morgan fingerprint density at radius 1 is 1.06 bits per heavy atom. The van der Waals surface area contributed by atoms with E-state index in [1.54, 1.807) is 31.4 Å². The zero-order chi connectivity index (χ0) is 23.9. The maximum Gasteiger partial charge on any atom is 0.321 e. The number of likely N-dealkylation sites (tertiary alicyclic amines) is 1. The smallest absolute Gasteiger partial charge is 0.321 e. The Kier molecular flexibility index (Phi) is 7.70. The number of halogens is 1. The Labute approximate surface area is 204 Å². The molecular formula is C27H28ClN3O3. The van der Waals surface area contributed by atoms with Crippen LogP contribution in [0.3, 0.4) is 0 Å². The molecule has 4 rings (SSSR count). The molecule has 34 heavy (non-hydrogen) atoms. The van der Waals surface area contributed by atoms with Gasteiger partial charge in [-0.25, -0.2) is 4.79 Å². The quantitative estimate of drug-likeness (QED) is 0.479. The van der Waals surface area contributed by atoms with Crippen molar-refractivity contribution in [1.29, 1.82) is 0 Å². The fourth-order valence-electron chi connectivity index (χ4n) is 4.17. The first-order chi connectivity index (χ1) is 16.5. The maximum atomic E-state index is 12.8. The first-order valence-corrected chi connectivity index (χ1v) is 11.7. The number of methoxy groups -OCH3 is 1. The van der Waals surface area contributed by atoms with Crippen molar-refractivity contribution < 1.29 is 14.3 Å². The molecule has 1 saturated heterocycles. The number of amides is 3. The minimum absolute atomic E-state index is 0.126. The van der Waals surface area contributed by atoms with Crippen LogP contribution < -0.4 is 15.4 Å². The second-order valence-electron chi connectivity index (χ2n) is 8.38. The van der Waals surface area contributed by atoms with E-state index in [9.17, 15) is 9.59 Å². The summed E-state index contributed by atoms with van der Waals surface area (Å²) in [5, 5.41) is 6.54. The molecule has 0 aliphatic carbocycles. The van der Waals surface area contributed by atoms with Crippen LogP contribution in [0.1, 0.15) is 40.2 Å². The average molecular weight is 478 g/mol. The standard InChI is InChI=1S/C27H28ClN3O3/c1-34-25-9-2-5-19(15-25)17-29-26(32)21-7-3-6-20(16-21)22-8-4-14-31(18-22)27(33)30-24-12-10-23(28)11-13-24/h2-3,5-7,9-13,15-16,22H,4,8,14,17-18H2,1H3,(H,29,32)(H,30,33)/t22-/m0/s1. The van der Waals surface area contributed by atoms with Crippen molar-refractivity contribution in [1.82, 2.24) is 10.2 Å². The minimum atomic E-state index is -0.127. The van der Waals surface area contributed by atoms with Gasteiger partial charge in [0, 0.05) is 41.8 Å². The Hall–Kier alpha value is -3.51. The second kappa shape index (κ2) is 11.1. The lowest BCUT2D eigenvalue weighted by molar-refractivity contribution is 0.0950. The van der Waals surface area contributed by atoms with Crippen molar-refractivity contribution in [2.24, 2.45) is 0 Å². The first-order valence-electron chi connectivity index (χ1n) is 11.3. The Morgan fingerprint density at radius 3 is 2.65 bits per heavy atom. The molecule has 6 nitrogen and oxygen atoms in total. The first kappa shape index (κ1) is 23.6. The van der Waals surface area contributed by atoms with Crippen molar-refractivity contribution in [3.05, 3.63) is 94.5 Å². The van der Waals surface area contributed by atoms with E-state index in [4.69, 9.17) is 16.3 Å². The number of piperidine rings is 1. The van der Waals surface area contributed by atoms with Gasteiger partial charge in [0.05, 0.1) is 7.11 Å². The number of benzene rings is 3. The highest BCUT2D eigenvalue weighted by atomic mass is 35.5. The summed E-state index contributed by atoms with van der Waals surface area (Å²) >= 11 is 5.93. The minimum Gasteiger partial charge on any atom is -0.497 e. The van der Waals surface area contributed by atoms with Gasteiger partial charge in [0.2, 0.25) is 0 Å². The summed E-state index contributed by atoms with van der Waals surface area (Å²) in [6, 6.07) is 22.3. The lowest BCUT2D eigenvalue weighted by atomic mass is 9.89. The molecule has 0 radical (unpaired) electrons. The van der Waals surface area contributed by atoms with E-state index in [1.807, 2.05) is 53.4 Å². The van der Waals surface area contributed by atoms with Crippen LogP contribution in [-0.2, 0) is 6.54 Å². The van der Waals surface area contributed by atoms with Gasteiger partial charge >= 0.3 is 6.03 Å². The monoisotopic (exact) mass is 477 g/mol. The highest BCUT2D eigenvalue weighted by Crippen LogP contribution is 2.28. The van der Waals surface area contributed by atoms with Crippen LogP contribution in [0.25, 0.3) is 0 Å². The molecule has 1 aliphatic heterocycles. The van der Waals surface area contributed by atoms with Crippen LogP contribution in [0, 0.1) is 0 Å². The van der Waals surface area contributed by atoms with Crippen molar-refractivity contribution in [2.75, 3.05) is 25.5 Å². The molecule has 3 amide bonds. The topological polar surface area (TPSA) is 70.7 Å². The van der Waals surface area contributed by atoms with Crippen molar-refractivity contribution in [3.63, 3.8) is 0 Å². The van der Waals surface area contributed by atoms with Crippen molar-refractivity contribution >= 4 is 29.2 Å². The number of carbonyl (C=O) groups excluding carboxylic acids is 2. The fourth-order valence-corrected chi connectivity index (χ4v) is 4.30. The number of urea groups is 1. The molecule has 0 spiro atoms. The third kappa shape index (κ3) is 6.08. The zero-order valence-corrected chi connectivity index (χ0v) is 19.8. The Morgan fingerprint density at radius 2 is 1.85 bits per heavy atom. The predicted octanol–water partition coefficient (Wildman–Crippen LogP) is 5.69. The van der Waals surface area contributed by atoms with E-state index in [0.29, 0.717) is 35.9 Å². The molecule has 0 bridgehead atoms. The van der Waals surface area contributed by atoms with Gasteiger partial charge in [0.25, 0.3) is 5.91 Å². The molecule has 0 aromatic heterocycles. The molecule has 0 unspecified atom stereocenters. The molecular weight excluding hydrogens is 450 g/mol. The maximum absolute atomic E-state index is 12.8. The lowest BCUT2D eigenvalue weighted by Gasteiger charge is -2.33. The molecule has 7 heteroatoms. The molecule has 2 N–H and O–H groups in total. The SMILES string of the molecule is COc1cccc(CNC(=O)c2cccc([C@H]3CCCN(C(=O)Nc4ccc(Cl)cc4)C3)c2)c1. The van der Waals surface area contributed by atoms with E-state index in [1.165, 1.54) is 0 Å². The van der Waals surface area contributed by atoms with Gasteiger partial charge in [-0.2, -0.15) is 0 Å². The largest absolute Gasteiger partial charge is 0.497 e. The van der Waals surface area contributed by atoms with Crippen LogP contribution in [-0.4, -0.2) is 37.0 Å². The molecule has 1 atom stereocenters. The summed E-state index contributed by atoms with van der Waals surface area (Å²) < 4.78 is 5.24. The van der Waals surface area contributed by atoms with Gasteiger partial charge in [0.15, 0.2) is 0 Å². The van der Waals surface area contributed by atoms with E-state index < -0.39 is 0 Å². The average Bonchev–Trinajstić information content (AvgIpc) is 2.89. The van der Waals surface area contributed by atoms with Gasteiger partial charge in [-0.3, -0.25) is 4.79 Å². The number of anilines is 1. The molecule has 176 valence electrons. The molecule has 3 aromatic carbocycles. The van der Waals surface area contributed by atoms with Crippen LogP contribution in [0.2, 0.25) is 5.02 Å². The van der Waals surface area contributed by atoms with Gasteiger partial charge in [0.1, 0.15) is 5.75 Å². The van der Waals surface area contributed by atoms with Crippen LogP contribution in [0.4, 0.5) is 10.5 Å². The number of rotatable bonds is 6. The summed E-state index contributed by atoms with van der Waals surface area (Å²) in [7, 11) is 1.62. The van der Waals surface area contributed by atoms with Gasteiger partial charge in [-0.05, 0) is 72.5 Å². The summed E-state index contributed by atoms with van der Waals surface area (Å²) in [4.78, 5) is 27.4. The number of ether oxygens (including phenoxy) is 1. The third-order valence-electron chi connectivity index (χ3n) is 6.01. The summed E-state index contributed by atoms with van der Waals surface area (Å²) in [5.41, 5.74) is 3.37. The van der Waals surface area contributed by atoms with Crippen LogP contribution >= 0.6 is 11.6 Å². The number of nitrogens with zero attached hydrogens (tertiary/aromatic N) is 1. The Bertz CT molecular complexity index is 1150. The highest BCUT2D eigenvalue weighted by Gasteiger charge is 2.25. The zero-order valence-electron chi connectivity index (χ0n) is 19.1. The second-order valence-corrected chi connectivity index (χ2v) is 8.82. The normalized spacial score (nSPS) is 15.5. The van der Waals surface area contributed by atoms with E-state index >= 15 is 0 Å². The van der Waals surface area contributed by atoms with Crippen molar-refractivity contribution in [3.8, 4) is 5.75 Å². The lowest BCUT2D eigenvalue weighted by Crippen LogP contribution is -2.41. The number of hydrogen-bond acceptors (Lipinski definition) is 3. The van der Waals surface area contributed by atoms with E-state index in [0.717, 1.165) is 29.7 Å². The molecule has 1 heterocycles. The summed E-state index contributed by atoms with van der Waals surface area (Å²) in [6.07, 6.45) is 1.88. The van der Waals surface area contributed by atoms with Gasteiger partial charge in [-0.15, -0.1) is 0 Å². The number of nitrogens with one attached hydrogen (secondary N) is 2. The number of hydrogen-bond donors (Lipinski definition) is 2. The summed E-state index contributed by atoms with van der Waals surface area (Å²) in [6.45, 7) is 1.73. The molecule has 0 saturated carbocycles.